The lowest BCUT2D eigenvalue weighted by Gasteiger charge is -2.19. The molecule has 0 radical (unpaired) electrons. The van der Waals surface area contributed by atoms with Gasteiger partial charge in [0.25, 0.3) is 0 Å². The first-order valence-corrected chi connectivity index (χ1v) is 7.55. The number of carbonyl (C=O) groups excluding carboxylic acids is 1. The molecule has 1 unspecified atom stereocenters. The zero-order chi connectivity index (χ0) is 12.3. The maximum absolute atomic E-state index is 12.1. The molecule has 1 aliphatic rings. The molecular formula is C13H16BrNOS. The van der Waals surface area contributed by atoms with E-state index in [4.69, 9.17) is 0 Å². The maximum Gasteiger partial charge on any atom is 0.235 e. The van der Waals surface area contributed by atoms with Gasteiger partial charge in [-0.25, -0.2) is 0 Å². The first kappa shape index (κ1) is 13.0. The average Bonchev–Trinajstić information content (AvgIpc) is 2.84. The van der Waals surface area contributed by atoms with E-state index in [9.17, 15) is 4.79 Å². The number of rotatable bonds is 3. The fourth-order valence-electron chi connectivity index (χ4n) is 1.96. The van der Waals surface area contributed by atoms with Crippen molar-refractivity contribution in [3.8, 4) is 0 Å². The van der Waals surface area contributed by atoms with Crippen LogP contribution in [0, 0.1) is 0 Å². The topological polar surface area (TPSA) is 20.3 Å². The summed E-state index contributed by atoms with van der Waals surface area (Å²) in [7, 11) is 0. The molecule has 1 aromatic rings. The van der Waals surface area contributed by atoms with Gasteiger partial charge in [0, 0.05) is 22.5 Å². The molecule has 0 N–H and O–H groups in total. The highest BCUT2D eigenvalue weighted by Gasteiger charge is 2.23. The molecule has 2 nitrogen and oxygen atoms in total. The molecule has 0 saturated carbocycles. The molecule has 1 aliphatic heterocycles. The van der Waals surface area contributed by atoms with E-state index < -0.39 is 0 Å². The minimum absolute atomic E-state index is 0.00859. The van der Waals surface area contributed by atoms with Crippen LogP contribution in [0.15, 0.2) is 33.6 Å². The van der Waals surface area contributed by atoms with Crippen LogP contribution in [0.2, 0.25) is 0 Å². The van der Waals surface area contributed by atoms with Gasteiger partial charge in [0.15, 0.2) is 0 Å². The fraction of sp³-hybridized carbons (Fsp3) is 0.462. The van der Waals surface area contributed by atoms with E-state index in [-0.39, 0.29) is 11.2 Å². The third kappa shape index (κ3) is 3.49. The summed E-state index contributed by atoms with van der Waals surface area (Å²) in [5.74, 6) is 0.274. The van der Waals surface area contributed by atoms with Gasteiger partial charge < -0.3 is 4.90 Å². The van der Waals surface area contributed by atoms with Crippen molar-refractivity contribution in [2.45, 2.75) is 29.9 Å². The van der Waals surface area contributed by atoms with Crippen molar-refractivity contribution in [2.75, 3.05) is 13.1 Å². The SMILES string of the molecule is CC(Sc1ccc(Br)cc1)C(=O)N1CCCC1. The van der Waals surface area contributed by atoms with E-state index in [1.807, 2.05) is 36.1 Å². The molecule has 1 amide bonds. The van der Waals surface area contributed by atoms with Crippen molar-refractivity contribution in [3.05, 3.63) is 28.7 Å². The van der Waals surface area contributed by atoms with Gasteiger partial charge in [0.05, 0.1) is 5.25 Å². The minimum Gasteiger partial charge on any atom is -0.342 e. The Bertz CT molecular complexity index is 387. The lowest BCUT2D eigenvalue weighted by Crippen LogP contribution is -2.33. The highest BCUT2D eigenvalue weighted by atomic mass is 79.9. The van der Waals surface area contributed by atoms with Crippen molar-refractivity contribution < 1.29 is 4.79 Å². The lowest BCUT2D eigenvalue weighted by atomic mass is 10.4. The summed E-state index contributed by atoms with van der Waals surface area (Å²) in [4.78, 5) is 15.2. The molecule has 0 bridgehead atoms. The fourth-order valence-corrected chi connectivity index (χ4v) is 3.18. The smallest absolute Gasteiger partial charge is 0.235 e. The van der Waals surface area contributed by atoms with E-state index in [0.717, 1.165) is 35.3 Å². The highest BCUT2D eigenvalue weighted by molar-refractivity contribution is 9.10. The van der Waals surface area contributed by atoms with Crippen LogP contribution in [-0.4, -0.2) is 29.1 Å². The Hall–Kier alpha value is -0.480. The number of halogens is 1. The summed E-state index contributed by atoms with van der Waals surface area (Å²) in [5, 5.41) is 0.00859. The van der Waals surface area contributed by atoms with E-state index in [1.165, 1.54) is 0 Å². The molecule has 1 atom stereocenters. The van der Waals surface area contributed by atoms with Gasteiger partial charge in [-0.05, 0) is 44.0 Å². The van der Waals surface area contributed by atoms with Crippen LogP contribution < -0.4 is 0 Å². The quantitative estimate of drug-likeness (QED) is 0.795. The van der Waals surface area contributed by atoms with E-state index in [2.05, 4.69) is 15.9 Å². The van der Waals surface area contributed by atoms with Crippen LogP contribution in [0.5, 0.6) is 0 Å². The Labute approximate surface area is 115 Å². The average molecular weight is 314 g/mol. The van der Waals surface area contributed by atoms with E-state index in [0.29, 0.717) is 0 Å². The second kappa shape index (κ2) is 5.91. The Balaban J connectivity index is 1.93. The predicted octanol–water partition coefficient (Wildman–Crippen LogP) is 3.55. The minimum atomic E-state index is 0.00859. The molecule has 0 spiro atoms. The van der Waals surface area contributed by atoms with Crippen LogP contribution >= 0.6 is 27.7 Å². The first-order valence-electron chi connectivity index (χ1n) is 5.88. The number of carbonyl (C=O) groups is 1. The van der Waals surface area contributed by atoms with Crippen molar-refractivity contribution >= 4 is 33.6 Å². The van der Waals surface area contributed by atoms with Crippen LogP contribution in [0.4, 0.5) is 0 Å². The van der Waals surface area contributed by atoms with Crippen molar-refractivity contribution in [1.82, 2.24) is 4.90 Å². The van der Waals surface area contributed by atoms with Gasteiger partial charge in [-0.3, -0.25) is 4.79 Å². The zero-order valence-corrected chi connectivity index (χ0v) is 12.3. The summed E-state index contributed by atoms with van der Waals surface area (Å²) in [6, 6.07) is 8.11. The molecule has 1 fully saturated rings. The van der Waals surface area contributed by atoms with Gasteiger partial charge in [-0.15, -0.1) is 11.8 Å². The number of hydrogen-bond donors (Lipinski definition) is 0. The van der Waals surface area contributed by atoms with Crippen LogP contribution in [0.3, 0.4) is 0 Å². The molecule has 1 aromatic carbocycles. The molecule has 0 aromatic heterocycles. The van der Waals surface area contributed by atoms with Crippen molar-refractivity contribution in [1.29, 1.82) is 0 Å². The Morgan fingerprint density at radius 1 is 1.29 bits per heavy atom. The van der Waals surface area contributed by atoms with Gasteiger partial charge in [0.1, 0.15) is 0 Å². The summed E-state index contributed by atoms with van der Waals surface area (Å²) < 4.78 is 1.07. The maximum atomic E-state index is 12.1. The van der Waals surface area contributed by atoms with Gasteiger partial charge in [-0.2, -0.15) is 0 Å². The third-order valence-electron chi connectivity index (χ3n) is 2.89. The summed E-state index contributed by atoms with van der Waals surface area (Å²) >= 11 is 5.05. The lowest BCUT2D eigenvalue weighted by molar-refractivity contribution is -0.129. The number of amides is 1. The highest BCUT2D eigenvalue weighted by Crippen LogP contribution is 2.26. The summed E-state index contributed by atoms with van der Waals surface area (Å²) in [6.45, 7) is 3.86. The molecule has 4 heteroatoms. The Morgan fingerprint density at radius 3 is 2.47 bits per heavy atom. The molecule has 1 heterocycles. The van der Waals surface area contributed by atoms with E-state index in [1.54, 1.807) is 11.8 Å². The third-order valence-corrected chi connectivity index (χ3v) is 4.52. The second-order valence-corrected chi connectivity index (χ2v) is 6.58. The largest absolute Gasteiger partial charge is 0.342 e. The summed E-state index contributed by atoms with van der Waals surface area (Å²) in [5.41, 5.74) is 0. The monoisotopic (exact) mass is 313 g/mol. The summed E-state index contributed by atoms with van der Waals surface area (Å²) in [6.07, 6.45) is 2.31. The van der Waals surface area contributed by atoms with Crippen molar-refractivity contribution in [3.63, 3.8) is 0 Å². The molecule has 17 heavy (non-hydrogen) atoms. The van der Waals surface area contributed by atoms with Crippen LogP contribution in [-0.2, 0) is 4.79 Å². The van der Waals surface area contributed by atoms with Crippen LogP contribution in [0.25, 0.3) is 0 Å². The van der Waals surface area contributed by atoms with Gasteiger partial charge in [-0.1, -0.05) is 15.9 Å². The number of hydrogen-bond acceptors (Lipinski definition) is 2. The molecule has 92 valence electrons. The van der Waals surface area contributed by atoms with Gasteiger partial charge in [0.2, 0.25) is 5.91 Å². The van der Waals surface area contributed by atoms with Crippen molar-refractivity contribution in [2.24, 2.45) is 0 Å². The predicted molar refractivity (Wildman–Crippen MR) is 75.3 cm³/mol. The molecular weight excluding hydrogens is 298 g/mol. The van der Waals surface area contributed by atoms with Crippen LogP contribution in [0.1, 0.15) is 19.8 Å². The Kier molecular flexibility index (Phi) is 4.51. The molecule has 1 saturated heterocycles. The number of nitrogens with zero attached hydrogens (tertiary/aromatic N) is 1. The standard InChI is InChI=1S/C13H16BrNOS/c1-10(13(16)15-8-2-3-9-15)17-12-6-4-11(14)5-7-12/h4-7,10H,2-3,8-9H2,1H3. The number of likely N-dealkylation sites (tertiary alicyclic amines) is 1. The normalized spacial score (nSPS) is 17.2. The van der Waals surface area contributed by atoms with Gasteiger partial charge >= 0.3 is 0 Å². The first-order chi connectivity index (χ1) is 8.16. The molecule has 0 aliphatic carbocycles. The molecule has 2 rings (SSSR count). The zero-order valence-electron chi connectivity index (χ0n) is 9.86. The second-order valence-electron chi connectivity index (χ2n) is 4.25. The number of thioether (sulfide) groups is 1. The number of benzene rings is 1. The van der Waals surface area contributed by atoms with E-state index >= 15 is 0 Å². The Morgan fingerprint density at radius 2 is 1.88 bits per heavy atom.